The Morgan fingerprint density at radius 1 is 1.26 bits per heavy atom. The third kappa shape index (κ3) is 5.00. The first-order valence-electron chi connectivity index (χ1n) is 8.70. The highest BCUT2D eigenvalue weighted by Crippen LogP contribution is 2.21. The first kappa shape index (κ1) is 20.3. The van der Waals surface area contributed by atoms with Crippen molar-refractivity contribution in [2.45, 2.75) is 44.8 Å². The molecule has 10 heteroatoms. The zero-order valence-corrected chi connectivity index (χ0v) is 15.3. The lowest BCUT2D eigenvalue weighted by atomic mass is 10.1. The van der Waals surface area contributed by atoms with Gasteiger partial charge in [-0.25, -0.2) is 0 Å². The molecule has 1 aromatic rings. The van der Waals surface area contributed by atoms with Crippen molar-refractivity contribution in [2.24, 2.45) is 0 Å². The number of quaternary nitrogens is 1. The molecule has 0 aromatic heterocycles. The van der Waals surface area contributed by atoms with Crippen LogP contribution in [0, 0.1) is 10.1 Å². The quantitative estimate of drug-likeness (QED) is 0.457. The van der Waals surface area contributed by atoms with Gasteiger partial charge in [0.2, 0.25) is 11.8 Å². The lowest BCUT2D eigenvalue weighted by Gasteiger charge is -2.27. The van der Waals surface area contributed by atoms with Gasteiger partial charge < -0.3 is 21.3 Å². The van der Waals surface area contributed by atoms with Gasteiger partial charge in [0.15, 0.2) is 6.04 Å². The van der Waals surface area contributed by atoms with Gasteiger partial charge in [0, 0.05) is 24.4 Å². The highest BCUT2D eigenvalue weighted by Gasteiger charge is 2.36. The van der Waals surface area contributed by atoms with E-state index in [1.54, 1.807) is 13.8 Å². The summed E-state index contributed by atoms with van der Waals surface area (Å²) in [6, 6.07) is 3.58. The lowest BCUT2D eigenvalue weighted by molar-refractivity contribution is -0.398. The van der Waals surface area contributed by atoms with Gasteiger partial charge >= 0.3 is 0 Å². The minimum Gasteiger partial charge on any atom is -0.348 e. The molecule has 1 aromatic carbocycles. The molecule has 1 aliphatic heterocycles. The van der Waals surface area contributed by atoms with E-state index in [1.807, 2.05) is 0 Å². The van der Waals surface area contributed by atoms with Gasteiger partial charge in [-0.3, -0.25) is 24.5 Å². The molecule has 0 radical (unpaired) electrons. The van der Waals surface area contributed by atoms with Crippen LogP contribution in [-0.2, 0) is 14.4 Å². The molecule has 10 nitrogen and oxygen atoms in total. The zero-order valence-electron chi connectivity index (χ0n) is 15.3. The number of nitro benzene ring substituents is 1. The number of nitrogens with one attached hydrogen (secondary N) is 2. The minimum atomic E-state index is -0.755. The van der Waals surface area contributed by atoms with Crippen molar-refractivity contribution >= 4 is 29.1 Å². The average molecular weight is 378 g/mol. The number of rotatable bonds is 6. The van der Waals surface area contributed by atoms with Crippen LogP contribution in [0.1, 0.15) is 26.7 Å². The van der Waals surface area contributed by atoms with Gasteiger partial charge in [-0.05, 0) is 38.8 Å². The largest absolute Gasteiger partial charge is 0.348 e. The predicted molar refractivity (Wildman–Crippen MR) is 96.4 cm³/mol. The standard InChI is InChI=1S/C17H23N5O5/c1-10(18)15(23)19-11(2)17(25)21-9-3-4-14(21)16(24)20-12-5-7-13(8-6-12)22(26)27/h5-8,10-11,14H,3-4,9,18H2,1-2H3,(H,19,23)(H,20,24)/p+1/t10-,11-,14-/m0/s1. The number of hydrogen-bond donors (Lipinski definition) is 3. The summed E-state index contributed by atoms with van der Waals surface area (Å²) in [5.41, 5.74) is 3.95. The number of nitro groups is 1. The first-order valence-corrected chi connectivity index (χ1v) is 8.70. The fraction of sp³-hybridized carbons (Fsp3) is 0.471. The second-order valence-electron chi connectivity index (χ2n) is 6.61. The Hall–Kier alpha value is -3.01. The SMILES string of the molecule is C[C@H]([NH3+])C(=O)N[C@@H](C)C(=O)N1CCC[C@H]1C(=O)Nc1ccc([N+](=O)[O-])cc1. The molecular formula is C17H24N5O5+. The van der Waals surface area contributed by atoms with Crippen LogP contribution in [-0.4, -0.2) is 52.2 Å². The van der Waals surface area contributed by atoms with Gasteiger partial charge in [0.1, 0.15) is 12.1 Å². The maximum Gasteiger partial charge on any atom is 0.278 e. The topological polar surface area (TPSA) is 149 Å². The summed E-state index contributed by atoms with van der Waals surface area (Å²) in [6.07, 6.45) is 1.19. The molecule has 1 fully saturated rings. The second-order valence-corrected chi connectivity index (χ2v) is 6.61. The highest BCUT2D eigenvalue weighted by molar-refractivity contribution is 5.98. The van der Waals surface area contributed by atoms with Crippen LogP contribution in [0.15, 0.2) is 24.3 Å². The summed E-state index contributed by atoms with van der Waals surface area (Å²) in [7, 11) is 0. The van der Waals surface area contributed by atoms with E-state index in [4.69, 9.17) is 0 Å². The number of nitrogens with zero attached hydrogens (tertiary/aromatic N) is 2. The number of non-ortho nitro benzene ring substituents is 1. The fourth-order valence-electron chi connectivity index (χ4n) is 2.86. The maximum absolute atomic E-state index is 12.6. The Balaban J connectivity index is 2.01. The average Bonchev–Trinajstić information content (AvgIpc) is 3.11. The van der Waals surface area contributed by atoms with E-state index in [0.717, 1.165) is 0 Å². The zero-order chi connectivity index (χ0) is 20.1. The van der Waals surface area contributed by atoms with Crippen molar-refractivity contribution < 1.29 is 25.0 Å². The molecule has 0 spiro atoms. The summed E-state index contributed by atoms with van der Waals surface area (Å²) in [5, 5.41) is 16.0. The van der Waals surface area contributed by atoms with Crippen LogP contribution in [0.5, 0.6) is 0 Å². The molecule has 2 rings (SSSR count). The van der Waals surface area contributed by atoms with Crippen molar-refractivity contribution in [2.75, 3.05) is 11.9 Å². The van der Waals surface area contributed by atoms with E-state index < -0.39 is 23.0 Å². The number of likely N-dealkylation sites (tertiary alicyclic amines) is 1. The van der Waals surface area contributed by atoms with E-state index >= 15 is 0 Å². The Bertz CT molecular complexity index is 734. The van der Waals surface area contributed by atoms with Crippen LogP contribution in [0.25, 0.3) is 0 Å². The van der Waals surface area contributed by atoms with Crippen molar-refractivity contribution in [3.8, 4) is 0 Å². The number of carbonyl (C=O) groups excluding carboxylic acids is 3. The molecule has 0 saturated carbocycles. The molecule has 0 bridgehead atoms. The molecule has 146 valence electrons. The Kier molecular flexibility index (Phi) is 6.45. The third-order valence-corrected chi connectivity index (χ3v) is 4.36. The van der Waals surface area contributed by atoms with Gasteiger partial charge in [0.05, 0.1) is 4.92 Å². The van der Waals surface area contributed by atoms with Crippen LogP contribution in [0.4, 0.5) is 11.4 Å². The molecule has 0 aliphatic carbocycles. The monoisotopic (exact) mass is 378 g/mol. The van der Waals surface area contributed by atoms with E-state index in [2.05, 4.69) is 16.4 Å². The smallest absolute Gasteiger partial charge is 0.278 e. The molecule has 5 N–H and O–H groups in total. The molecule has 3 atom stereocenters. The minimum absolute atomic E-state index is 0.0742. The normalized spacial score (nSPS) is 18.5. The van der Waals surface area contributed by atoms with E-state index in [-0.39, 0.29) is 23.4 Å². The summed E-state index contributed by atoms with van der Waals surface area (Å²) in [5.74, 6) is -1.02. The van der Waals surface area contributed by atoms with Gasteiger partial charge in [-0.1, -0.05) is 0 Å². The molecule has 1 aliphatic rings. The Labute approximate surface area is 156 Å². The third-order valence-electron chi connectivity index (χ3n) is 4.36. The molecule has 1 saturated heterocycles. The molecule has 1 heterocycles. The van der Waals surface area contributed by atoms with E-state index in [0.29, 0.717) is 25.1 Å². The van der Waals surface area contributed by atoms with Crippen LogP contribution in [0.3, 0.4) is 0 Å². The summed E-state index contributed by atoms with van der Waals surface area (Å²) in [6.45, 7) is 3.63. The van der Waals surface area contributed by atoms with Gasteiger partial charge in [-0.2, -0.15) is 0 Å². The summed E-state index contributed by atoms with van der Waals surface area (Å²) in [4.78, 5) is 48.5. The molecule has 3 amide bonds. The summed E-state index contributed by atoms with van der Waals surface area (Å²) >= 11 is 0. The van der Waals surface area contributed by atoms with Crippen molar-refractivity contribution in [3.63, 3.8) is 0 Å². The van der Waals surface area contributed by atoms with Crippen molar-refractivity contribution in [1.29, 1.82) is 0 Å². The Morgan fingerprint density at radius 3 is 2.44 bits per heavy atom. The van der Waals surface area contributed by atoms with Crippen molar-refractivity contribution in [1.82, 2.24) is 10.2 Å². The van der Waals surface area contributed by atoms with Gasteiger partial charge in [-0.15, -0.1) is 0 Å². The fourth-order valence-corrected chi connectivity index (χ4v) is 2.86. The van der Waals surface area contributed by atoms with E-state index in [1.165, 1.54) is 29.2 Å². The highest BCUT2D eigenvalue weighted by atomic mass is 16.6. The molecule has 27 heavy (non-hydrogen) atoms. The van der Waals surface area contributed by atoms with Crippen LogP contribution < -0.4 is 16.4 Å². The number of hydrogen-bond acceptors (Lipinski definition) is 5. The van der Waals surface area contributed by atoms with Crippen LogP contribution in [0.2, 0.25) is 0 Å². The van der Waals surface area contributed by atoms with Crippen LogP contribution >= 0.6 is 0 Å². The van der Waals surface area contributed by atoms with Crippen molar-refractivity contribution in [3.05, 3.63) is 34.4 Å². The number of benzene rings is 1. The predicted octanol–water partition coefficient (Wildman–Crippen LogP) is -0.341. The number of anilines is 1. The number of carbonyl (C=O) groups is 3. The lowest BCUT2D eigenvalue weighted by Crippen LogP contribution is -2.67. The van der Waals surface area contributed by atoms with E-state index in [9.17, 15) is 24.5 Å². The second kappa shape index (κ2) is 8.58. The summed E-state index contributed by atoms with van der Waals surface area (Å²) < 4.78 is 0. The molecule has 0 unspecified atom stereocenters. The Morgan fingerprint density at radius 2 is 1.89 bits per heavy atom. The maximum atomic E-state index is 12.6. The number of amides is 3. The van der Waals surface area contributed by atoms with Gasteiger partial charge in [0.25, 0.3) is 11.6 Å². The molecular weight excluding hydrogens is 354 g/mol. The first-order chi connectivity index (χ1) is 12.7.